The Balaban J connectivity index is 1.35. The van der Waals surface area contributed by atoms with Crippen molar-refractivity contribution in [3.8, 4) is 11.5 Å². The molecule has 8 heteroatoms. The van der Waals surface area contributed by atoms with Gasteiger partial charge in [-0.05, 0) is 37.6 Å². The second-order valence-electron chi connectivity index (χ2n) is 7.32. The Morgan fingerprint density at radius 2 is 2.07 bits per heavy atom. The van der Waals surface area contributed by atoms with Gasteiger partial charge in [0.1, 0.15) is 12.1 Å². The van der Waals surface area contributed by atoms with Gasteiger partial charge in [0.2, 0.25) is 6.79 Å². The number of ether oxygens (including phenoxy) is 4. The van der Waals surface area contributed by atoms with E-state index in [4.69, 9.17) is 18.9 Å². The number of benzene rings is 1. The number of aliphatic hydroxyl groups excluding tert-OH is 1. The van der Waals surface area contributed by atoms with E-state index >= 15 is 0 Å². The zero-order chi connectivity index (χ0) is 18.5. The van der Waals surface area contributed by atoms with E-state index in [2.05, 4.69) is 10.4 Å². The van der Waals surface area contributed by atoms with Crippen molar-refractivity contribution in [3.63, 3.8) is 0 Å². The lowest BCUT2D eigenvalue weighted by Gasteiger charge is -2.39. The van der Waals surface area contributed by atoms with Crippen LogP contribution in [-0.4, -0.2) is 52.8 Å². The normalized spacial score (nSPS) is 31.4. The van der Waals surface area contributed by atoms with Crippen LogP contribution in [-0.2, 0) is 16.0 Å². The molecule has 5 unspecified atom stereocenters. The van der Waals surface area contributed by atoms with Gasteiger partial charge in [-0.3, -0.25) is 4.68 Å². The van der Waals surface area contributed by atoms with Crippen molar-refractivity contribution in [2.45, 2.75) is 51.0 Å². The van der Waals surface area contributed by atoms with Crippen LogP contribution in [0.1, 0.15) is 23.0 Å². The molecule has 4 heterocycles. The summed E-state index contributed by atoms with van der Waals surface area (Å²) < 4.78 is 24.4. The minimum atomic E-state index is -0.678. The summed E-state index contributed by atoms with van der Waals surface area (Å²) in [4.78, 5) is 0. The Hall–Kier alpha value is -2.13. The molecule has 8 nitrogen and oxygen atoms in total. The number of aromatic nitrogens is 2. The highest BCUT2D eigenvalue weighted by atomic mass is 16.7. The molecule has 5 atom stereocenters. The third-order valence-corrected chi connectivity index (χ3v) is 5.44. The van der Waals surface area contributed by atoms with Gasteiger partial charge in [0, 0.05) is 12.2 Å². The van der Waals surface area contributed by atoms with Crippen LogP contribution in [0.2, 0.25) is 0 Å². The van der Waals surface area contributed by atoms with Crippen molar-refractivity contribution in [2.75, 3.05) is 13.4 Å². The van der Waals surface area contributed by atoms with E-state index in [-0.39, 0.29) is 25.0 Å². The topological polar surface area (TPSA) is 87.0 Å². The molecule has 3 aliphatic rings. The third-order valence-electron chi connectivity index (χ3n) is 5.44. The van der Waals surface area contributed by atoms with Crippen LogP contribution >= 0.6 is 0 Å². The number of nitrogens with one attached hydrogen (secondary N) is 1. The molecular formula is C19H23N3O5. The van der Waals surface area contributed by atoms with Gasteiger partial charge in [-0.15, -0.1) is 0 Å². The third kappa shape index (κ3) is 2.89. The fraction of sp³-hybridized carbons (Fsp3) is 0.526. The smallest absolute Gasteiger partial charge is 0.231 e. The van der Waals surface area contributed by atoms with Crippen molar-refractivity contribution in [1.29, 1.82) is 0 Å². The average Bonchev–Trinajstić information content (AvgIpc) is 3.35. The molecule has 0 saturated carbocycles. The second-order valence-corrected chi connectivity index (χ2v) is 7.32. The molecule has 2 N–H and O–H groups in total. The van der Waals surface area contributed by atoms with Crippen LogP contribution in [0.15, 0.2) is 24.3 Å². The Labute approximate surface area is 157 Å². The fourth-order valence-electron chi connectivity index (χ4n) is 4.15. The first kappa shape index (κ1) is 17.0. The van der Waals surface area contributed by atoms with E-state index in [0.29, 0.717) is 13.2 Å². The van der Waals surface area contributed by atoms with Crippen LogP contribution in [0.25, 0.3) is 0 Å². The lowest BCUT2D eigenvalue weighted by atomic mass is 9.95. The van der Waals surface area contributed by atoms with E-state index in [0.717, 1.165) is 28.5 Å². The molecule has 0 radical (unpaired) electrons. The summed E-state index contributed by atoms with van der Waals surface area (Å²) in [5, 5.41) is 19.1. The largest absolute Gasteiger partial charge is 0.454 e. The zero-order valence-corrected chi connectivity index (χ0v) is 15.3. The quantitative estimate of drug-likeness (QED) is 0.828. The molecule has 5 rings (SSSR count). The predicted octanol–water partition coefficient (Wildman–Crippen LogP) is 1.04. The summed E-state index contributed by atoms with van der Waals surface area (Å²) >= 11 is 0. The molecule has 3 aliphatic heterocycles. The van der Waals surface area contributed by atoms with Crippen LogP contribution in [0.4, 0.5) is 0 Å². The zero-order valence-electron chi connectivity index (χ0n) is 15.3. The lowest BCUT2D eigenvalue weighted by molar-refractivity contribution is -0.168. The van der Waals surface area contributed by atoms with Gasteiger partial charge in [0.05, 0.1) is 24.4 Å². The summed E-state index contributed by atoms with van der Waals surface area (Å²) in [7, 11) is 0. The average molecular weight is 373 g/mol. The minimum absolute atomic E-state index is 0.188. The van der Waals surface area contributed by atoms with Crippen molar-refractivity contribution >= 4 is 0 Å². The van der Waals surface area contributed by atoms with Gasteiger partial charge < -0.3 is 29.4 Å². The number of aliphatic hydroxyl groups is 1. The molecule has 2 aromatic rings. The minimum Gasteiger partial charge on any atom is -0.454 e. The van der Waals surface area contributed by atoms with Gasteiger partial charge in [-0.2, -0.15) is 5.10 Å². The number of rotatable bonds is 4. The molecule has 0 aliphatic carbocycles. The molecule has 1 aromatic carbocycles. The Kier molecular flexibility index (Phi) is 4.08. The maximum absolute atomic E-state index is 11.1. The number of fused-ring (bicyclic) bond motifs is 3. The van der Waals surface area contributed by atoms with Crippen molar-refractivity contribution < 1.29 is 24.1 Å². The van der Waals surface area contributed by atoms with Gasteiger partial charge in [-0.1, -0.05) is 6.07 Å². The van der Waals surface area contributed by atoms with Crippen molar-refractivity contribution in [3.05, 3.63) is 41.2 Å². The van der Waals surface area contributed by atoms with Crippen molar-refractivity contribution in [1.82, 2.24) is 15.1 Å². The van der Waals surface area contributed by atoms with Gasteiger partial charge in [0.25, 0.3) is 0 Å². The molecule has 0 spiro atoms. The van der Waals surface area contributed by atoms with E-state index < -0.39 is 12.4 Å². The van der Waals surface area contributed by atoms with Crippen LogP contribution in [0, 0.1) is 13.8 Å². The van der Waals surface area contributed by atoms with Crippen LogP contribution in [0.5, 0.6) is 11.5 Å². The Morgan fingerprint density at radius 3 is 2.89 bits per heavy atom. The first-order valence-corrected chi connectivity index (χ1v) is 9.20. The van der Waals surface area contributed by atoms with E-state index in [9.17, 15) is 5.11 Å². The van der Waals surface area contributed by atoms with E-state index in [1.54, 1.807) is 0 Å². The molecular weight excluding hydrogens is 350 g/mol. The highest BCUT2D eigenvalue weighted by Crippen LogP contribution is 2.37. The highest BCUT2D eigenvalue weighted by Gasteiger charge is 2.51. The van der Waals surface area contributed by atoms with E-state index in [1.165, 1.54) is 0 Å². The highest BCUT2D eigenvalue weighted by molar-refractivity contribution is 5.44. The molecule has 2 saturated heterocycles. The molecule has 0 amide bonds. The van der Waals surface area contributed by atoms with Gasteiger partial charge in [-0.25, -0.2) is 0 Å². The summed E-state index contributed by atoms with van der Waals surface area (Å²) in [5.74, 6) is 1.51. The Morgan fingerprint density at radius 1 is 1.22 bits per heavy atom. The first-order chi connectivity index (χ1) is 13.1. The predicted molar refractivity (Wildman–Crippen MR) is 94.6 cm³/mol. The maximum atomic E-state index is 11.1. The molecule has 1 aromatic heterocycles. The molecule has 144 valence electrons. The summed E-state index contributed by atoms with van der Waals surface area (Å²) in [6.07, 6.45) is -1.35. The molecule has 2 fully saturated rings. The second kappa shape index (κ2) is 6.49. The summed E-state index contributed by atoms with van der Waals surface area (Å²) in [5.41, 5.74) is 2.93. The number of aryl methyl sites for hydroxylation is 2. The van der Waals surface area contributed by atoms with Gasteiger partial charge in [0.15, 0.2) is 17.8 Å². The van der Waals surface area contributed by atoms with Gasteiger partial charge >= 0.3 is 0 Å². The van der Waals surface area contributed by atoms with Crippen molar-refractivity contribution in [2.24, 2.45) is 0 Å². The van der Waals surface area contributed by atoms with E-state index in [1.807, 2.05) is 42.8 Å². The standard InChI is InChI=1S/C19H23N3O5/c1-10-5-11(2)22(21-10)17-18(23)16(15-8-24-19(17)27-15)20-7-12-3-4-13-14(6-12)26-9-25-13/h3-6,15-20,23H,7-9H2,1-2H3. The molecule has 2 bridgehead atoms. The van der Waals surface area contributed by atoms with Crippen LogP contribution in [0.3, 0.4) is 0 Å². The lowest BCUT2D eigenvalue weighted by Crippen LogP contribution is -2.57. The van der Waals surface area contributed by atoms with Crippen LogP contribution < -0.4 is 14.8 Å². The first-order valence-electron chi connectivity index (χ1n) is 9.20. The SMILES string of the molecule is Cc1cc(C)n(C2C3OCC(O3)C(NCc3ccc4c(c3)OCO4)C2O)n1. The maximum Gasteiger partial charge on any atom is 0.231 e. The number of nitrogens with zero attached hydrogens (tertiary/aromatic N) is 2. The Bertz CT molecular complexity index is 854. The monoisotopic (exact) mass is 373 g/mol. The summed E-state index contributed by atoms with van der Waals surface area (Å²) in [6, 6.07) is 7.19. The molecule has 27 heavy (non-hydrogen) atoms. The summed E-state index contributed by atoms with van der Waals surface area (Å²) in [6.45, 7) is 5.20. The fourth-order valence-corrected chi connectivity index (χ4v) is 4.15. The number of hydrogen-bond donors (Lipinski definition) is 2. The number of hydrogen-bond acceptors (Lipinski definition) is 7.